The van der Waals surface area contributed by atoms with E-state index in [0.29, 0.717) is 29.7 Å². The molecule has 7 heterocycles. The molecule has 266 valence electrons. The Hall–Kier alpha value is -5.39. The van der Waals surface area contributed by atoms with Crippen LogP contribution in [-0.4, -0.2) is 86.7 Å². The molecule has 11 nitrogen and oxygen atoms in total. The summed E-state index contributed by atoms with van der Waals surface area (Å²) in [6.45, 7) is 3.57. The van der Waals surface area contributed by atoms with Crippen molar-refractivity contribution in [1.29, 1.82) is 0 Å². The number of nitrogen functional groups attached to an aromatic ring is 1. The highest BCUT2D eigenvalue weighted by Gasteiger charge is 2.50. The van der Waals surface area contributed by atoms with Crippen LogP contribution in [0.2, 0.25) is 0 Å². The number of hydrogen-bond donors (Lipinski definition) is 2. The maximum absolute atomic E-state index is 17.4. The number of terminal acetylenes is 1. The zero-order chi connectivity index (χ0) is 35.9. The molecule has 5 atom stereocenters. The minimum Gasteiger partial charge on any atom is -0.508 e. The number of aromatic nitrogens is 4. The lowest BCUT2D eigenvalue weighted by Crippen LogP contribution is -2.46. The number of benzene rings is 2. The highest BCUT2D eigenvalue weighted by atomic mass is 19.1. The number of phenols is 1. The van der Waals surface area contributed by atoms with Gasteiger partial charge in [0, 0.05) is 35.7 Å². The molecule has 9 rings (SSSR count). The molecule has 0 bridgehead atoms. The first-order valence-electron chi connectivity index (χ1n) is 17.2. The van der Waals surface area contributed by atoms with Gasteiger partial charge in [0.2, 0.25) is 5.88 Å². The van der Waals surface area contributed by atoms with Crippen molar-refractivity contribution in [3.05, 3.63) is 65.4 Å². The largest absolute Gasteiger partial charge is 0.508 e. The average Bonchev–Trinajstić information content (AvgIpc) is 3.80. The zero-order valence-electron chi connectivity index (χ0n) is 28.2. The molecule has 3 aromatic heterocycles. The van der Waals surface area contributed by atoms with E-state index in [-0.39, 0.29) is 76.4 Å². The van der Waals surface area contributed by atoms with Crippen molar-refractivity contribution in [3.8, 4) is 41.2 Å². The Morgan fingerprint density at radius 2 is 2.04 bits per heavy atom. The Morgan fingerprint density at radius 3 is 2.87 bits per heavy atom. The summed E-state index contributed by atoms with van der Waals surface area (Å²) < 4.78 is 66.0. The van der Waals surface area contributed by atoms with Crippen molar-refractivity contribution < 1.29 is 32.5 Å². The fraction of sp³-hybridized carbons (Fsp3) is 0.368. The van der Waals surface area contributed by atoms with Crippen LogP contribution in [0.15, 0.2) is 42.6 Å². The molecule has 14 heteroatoms. The molecule has 3 saturated heterocycles. The number of phenolic OH excluding ortho intramolecular Hbond substituents is 1. The van der Waals surface area contributed by atoms with Crippen molar-refractivity contribution >= 4 is 33.3 Å². The van der Waals surface area contributed by atoms with Gasteiger partial charge in [-0.3, -0.25) is 4.90 Å². The van der Waals surface area contributed by atoms with Crippen LogP contribution in [-0.2, 0) is 4.74 Å². The molecule has 3 unspecified atom stereocenters. The number of nitrogens with zero attached hydrogens (tertiary/aromatic N) is 6. The predicted molar refractivity (Wildman–Crippen MR) is 187 cm³/mol. The fourth-order valence-corrected chi connectivity index (χ4v) is 8.62. The molecule has 5 aromatic rings. The van der Waals surface area contributed by atoms with Crippen LogP contribution in [0, 0.1) is 24.0 Å². The van der Waals surface area contributed by atoms with Crippen LogP contribution < -0.4 is 20.1 Å². The number of alkyl halides is 1. The number of aromatic hydroxyl groups is 1. The summed E-state index contributed by atoms with van der Waals surface area (Å²) in [4.78, 5) is 22.6. The smallest absolute Gasteiger partial charge is 0.319 e. The van der Waals surface area contributed by atoms with E-state index in [1.165, 1.54) is 24.3 Å². The molecular weight excluding hydrogens is 675 g/mol. The quantitative estimate of drug-likeness (QED) is 0.218. The maximum atomic E-state index is 17.4. The highest BCUT2D eigenvalue weighted by Crippen LogP contribution is 2.47. The van der Waals surface area contributed by atoms with Gasteiger partial charge in [0.15, 0.2) is 5.82 Å². The van der Waals surface area contributed by atoms with E-state index in [1.807, 2.05) is 17.9 Å². The highest BCUT2D eigenvalue weighted by molar-refractivity contribution is 6.04. The third-order valence-electron chi connectivity index (χ3n) is 11.0. The van der Waals surface area contributed by atoms with Gasteiger partial charge in [-0.05, 0) is 56.0 Å². The van der Waals surface area contributed by atoms with Crippen LogP contribution in [0.1, 0.15) is 43.4 Å². The van der Waals surface area contributed by atoms with Gasteiger partial charge in [-0.25, -0.2) is 23.1 Å². The van der Waals surface area contributed by atoms with Gasteiger partial charge < -0.3 is 30.0 Å². The molecule has 4 aliphatic heterocycles. The van der Waals surface area contributed by atoms with E-state index in [0.717, 1.165) is 19.4 Å². The van der Waals surface area contributed by atoms with E-state index in [1.54, 1.807) is 12.3 Å². The Labute approximate surface area is 296 Å². The summed E-state index contributed by atoms with van der Waals surface area (Å²) >= 11 is 0. The molecule has 3 fully saturated rings. The van der Waals surface area contributed by atoms with Crippen LogP contribution in [0.5, 0.6) is 17.6 Å². The topological polar surface area (TPSA) is 132 Å². The van der Waals surface area contributed by atoms with Gasteiger partial charge in [0.25, 0.3) is 0 Å². The monoisotopic (exact) mass is 709 g/mol. The fourth-order valence-electron chi connectivity index (χ4n) is 8.62. The second kappa shape index (κ2) is 12.1. The van der Waals surface area contributed by atoms with E-state index in [2.05, 4.69) is 20.8 Å². The number of ether oxygens (including phenoxy) is 3. The second-order valence-corrected chi connectivity index (χ2v) is 14.0. The van der Waals surface area contributed by atoms with E-state index in [9.17, 15) is 9.50 Å². The van der Waals surface area contributed by atoms with Gasteiger partial charge in [0.1, 0.15) is 58.7 Å². The Bertz CT molecular complexity index is 2320. The predicted octanol–water partition coefficient (Wildman–Crippen LogP) is 5.47. The van der Waals surface area contributed by atoms with Crippen molar-refractivity contribution in [3.63, 3.8) is 0 Å². The van der Waals surface area contributed by atoms with Gasteiger partial charge >= 0.3 is 6.01 Å². The molecule has 3 N–H and O–H groups in total. The standard InChI is InChI=1S/C38H34F3N7O4/c1-3-23-26(40)8-7-20-12-22(49)13-25(29(20)23)32-31(41)33-30-35(46-37(45-33)51-18-38-9-5-11-47(38)15-21(39)14-38)48(19(2)24-6-4-10-43-34(24)42)27-16-50-17-28(27)52-36(30)44-32/h1,4,6-8,10,12-13,19,21,27-28,49H,5,9,11,14-18H2,2H3,(H2,42,43)/t19?,21-,27?,28?,38+/m1/s1. The lowest BCUT2D eigenvalue weighted by atomic mass is 9.95. The summed E-state index contributed by atoms with van der Waals surface area (Å²) in [5, 5.41) is 11.5. The Morgan fingerprint density at radius 1 is 1.17 bits per heavy atom. The molecule has 0 amide bonds. The van der Waals surface area contributed by atoms with Gasteiger partial charge in [0.05, 0.1) is 36.4 Å². The first-order chi connectivity index (χ1) is 25.2. The van der Waals surface area contributed by atoms with Crippen LogP contribution in [0.25, 0.3) is 32.9 Å². The number of rotatable bonds is 6. The summed E-state index contributed by atoms with van der Waals surface area (Å²) in [6, 6.07) is 7.95. The number of halogens is 3. The van der Waals surface area contributed by atoms with Crippen molar-refractivity contribution in [2.75, 3.05) is 43.5 Å². The van der Waals surface area contributed by atoms with Crippen LogP contribution in [0.4, 0.5) is 24.8 Å². The molecule has 0 saturated carbocycles. The van der Waals surface area contributed by atoms with Gasteiger partial charge in [-0.1, -0.05) is 18.1 Å². The maximum Gasteiger partial charge on any atom is 0.319 e. The minimum absolute atomic E-state index is 0.00841. The molecule has 2 aromatic carbocycles. The Kier molecular flexibility index (Phi) is 7.57. The van der Waals surface area contributed by atoms with Crippen molar-refractivity contribution in [1.82, 2.24) is 24.8 Å². The lowest BCUT2D eigenvalue weighted by Gasteiger charge is -2.36. The number of fused-ring (bicyclic) bond motifs is 3. The van der Waals surface area contributed by atoms with Crippen LogP contribution in [0.3, 0.4) is 0 Å². The molecule has 0 radical (unpaired) electrons. The molecule has 52 heavy (non-hydrogen) atoms. The molecular formula is C38H34F3N7O4. The summed E-state index contributed by atoms with van der Waals surface area (Å²) in [6.07, 6.45) is 7.76. The summed E-state index contributed by atoms with van der Waals surface area (Å²) in [5.74, 6) is 1.17. The van der Waals surface area contributed by atoms with Crippen molar-refractivity contribution in [2.45, 2.75) is 56.1 Å². The molecule has 0 aliphatic carbocycles. The number of nitrogens with two attached hydrogens (primary N) is 1. The summed E-state index contributed by atoms with van der Waals surface area (Å²) in [5.41, 5.74) is 6.03. The Balaban J connectivity index is 1.29. The van der Waals surface area contributed by atoms with E-state index >= 15 is 8.78 Å². The first kappa shape index (κ1) is 32.5. The van der Waals surface area contributed by atoms with Crippen molar-refractivity contribution in [2.24, 2.45) is 0 Å². The number of pyridine rings is 2. The average molecular weight is 710 g/mol. The number of anilines is 2. The normalized spacial score (nSPS) is 24.4. The molecule has 4 aliphatic rings. The lowest BCUT2D eigenvalue weighted by molar-refractivity contribution is 0.107. The van der Waals surface area contributed by atoms with Crippen LogP contribution >= 0.6 is 0 Å². The number of hydrogen-bond acceptors (Lipinski definition) is 11. The van der Waals surface area contributed by atoms with E-state index in [4.69, 9.17) is 36.3 Å². The minimum atomic E-state index is -0.979. The third-order valence-corrected chi connectivity index (χ3v) is 11.0. The first-order valence-corrected chi connectivity index (χ1v) is 17.2. The van der Waals surface area contributed by atoms with Gasteiger partial charge in [-0.15, -0.1) is 6.42 Å². The van der Waals surface area contributed by atoms with Gasteiger partial charge in [-0.2, -0.15) is 9.97 Å². The molecule has 0 spiro atoms. The second-order valence-electron chi connectivity index (χ2n) is 14.0. The SMILES string of the molecule is C#Cc1c(F)ccc2cc(O)cc(-c3nc4c5c(nc(OC[C@@]67CCCN6C[C@H](F)C7)nc5c3F)N(C(C)c3cccnc3N)C3COCC3O4)c12. The van der Waals surface area contributed by atoms with E-state index < -0.39 is 41.5 Å². The third kappa shape index (κ3) is 4.97. The zero-order valence-corrected chi connectivity index (χ0v) is 28.2. The summed E-state index contributed by atoms with van der Waals surface area (Å²) in [7, 11) is 0.